The van der Waals surface area contributed by atoms with Crippen LogP contribution in [-0.4, -0.2) is 29.9 Å². The number of para-hydroxylation sites is 1. The largest absolute Gasteiger partial charge is 0.325 e. The summed E-state index contributed by atoms with van der Waals surface area (Å²) in [5.41, 5.74) is 1.98. The monoisotopic (exact) mass is 292 g/mol. The number of halogens is 1. The first-order valence-electron chi connectivity index (χ1n) is 7.45. The van der Waals surface area contributed by atoms with Crippen LogP contribution in [0.4, 0.5) is 5.69 Å². The third-order valence-corrected chi connectivity index (χ3v) is 5.24. The molecule has 1 amide bonds. The molecule has 3 aliphatic rings. The molecule has 1 N–H and O–H groups in total. The highest BCUT2D eigenvalue weighted by Crippen LogP contribution is 2.45. The van der Waals surface area contributed by atoms with Gasteiger partial charge in [-0.3, -0.25) is 9.69 Å². The summed E-state index contributed by atoms with van der Waals surface area (Å²) < 4.78 is 0. The van der Waals surface area contributed by atoms with Crippen LogP contribution < -0.4 is 5.32 Å². The lowest BCUT2D eigenvalue weighted by Gasteiger charge is -2.45. The van der Waals surface area contributed by atoms with Crippen molar-refractivity contribution in [3.63, 3.8) is 0 Å². The number of nitrogens with zero attached hydrogens (tertiary/aromatic N) is 1. The van der Waals surface area contributed by atoms with Gasteiger partial charge in [0, 0.05) is 18.3 Å². The molecule has 0 bridgehead atoms. The van der Waals surface area contributed by atoms with Gasteiger partial charge in [-0.1, -0.05) is 24.6 Å². The van der Waals surface area contributed by atoms with E-state index in [0.717, 1.165) is 31.1 Å². The Bertz CT molecular complexity index is 529. The zero-order chi connectivity index (χ0) is 12.9. The molecule has 1 aromatic rings. The first-order valence-corrected chi connectivity index (χ1v) is 7.45. The summed E-state index contributed by atoms with van der Waals surface area (Å²) in [6.07, 6.45) is 6.13. The molecule has 1 aromatic carbocycles. The summed E-state index contributed by atoms with van der Waals surface area (Å²) in [5.74, 6) is 0.220. The summed E-state index contributed by atoms with van der Waals surface area (Å²) in [5, 5.41) is 3.09. The quantitative estimate of drug-likeness (QED) is 0.863. The Balaban J connectivity index is 0.00000121. The van der Waals surface area contributed by atoms with Crippen molar-refractivity contribution < 1.29 is 4.79 Å². The van der Waals surface area contributed by atoms with Crippen LogP contribution in [0.5, 0.6) is 0 Å². The average molecular weight is 293 g/mol. The van der Waals surface area contributed by atoms with Crippen molar-refractivity contribution in [3.8, 4) is 0 Å². The molecule has 1 unspecified atom stereocenters. The van der Waals surface area contributed by atoms with Gasteiger partial charge in [-0.2, -0.15) is 0 Å². The lowest BCUT2D eigenvalue weighted by molar-refractivity contribution is -0.123. The number of rotatable bonds is 1. The van der Waals surface area contributed by atoms with Gasteiger partial charge in [0.2, 0.25) is 5.91 Å². The van der Waals surface area contributed by atoms with E-state index in [9.17, 15) is 4.79 Å². The van der Waals surface area contributed by atoms with Gasteiger partial charge in [-0.25, -0.2) is 0 Å². The van der Waals surface area contributed by atoms with Gasteiger partial charge in [-0.15, -0.1) is 12.4 Å². The topological polar surface area (TPSA) is 32.3 Å². The van der Waals surface area contributed by atoms with Crippen molar-refractivity contribution >= 4 is 24.0 Å². The Morgan fingerprint density at radius 2 is 2.00 bits per heavy atom. The second-order valence-electron chi connectivity index (χ2n) is 6.24. The molecule has 1 saturated carbocycles. The maximum Gasteiger partial charge on any atom is 0.236 e. The third-order valence-electron chi connectivity index (χ3n) is 5.24. The molecule has 0 aromatic heterocycles. The molecule has 3 nitrogen and oxygen atoms in total. The van der Waals surface area contributed by atoms with Gasteiger partial charge in [-0.05, 0) is 43.9 Å². The molecule has 2 heterocycles. The molecule has 20 heavy (non-hydrogen) atoms. The summed E-state index contributed by atoms with van der Waals surface area (Å²) in [6, 6.07) is 8.97. The summed E-state index contributed by atoms with van der Waals surface area (Å²) in [4.78, 5) is 15.1. The van der Waals surface area contributed by atoms with Crippen LogP contribution in [0.2, 0.25) is 0 Å². The Morgan fingerprint density at radius 3 is 2.75 bits per heavy atom. The van der Waals surface area contributed by atoms with E-state index in [0.29, 0.717) is 0 Å². The van der Waals surface area contributed by atoms with Gasteiger partial charge in [0.1, 0.15) is 0 Å². The Morgan fingerprint density at radius 1 is 1.20 bits per heavy atom. The summed E-state index contributed by atoms with van der Waals surface area (Å²) in [6.45, 7) is 2.09. The van der Waals surface area contributed by atoms with Gasteiger partial charge < -0.3 is 5.32 Å². The number of fused-ring (bicyclic) bond motifs is 2. The summed E-state index contributed by atoms with van der Waals surface area (Å²) >= 11 is 0. The number of carbonyl (C=O) groups is 1. The highest BCUT2D eigenvalue weighted by molar-refractivity contribution is 6.06. The smallest absolute Gasteiger partial charge is 0.236 e. The number of hydrogen-bond acceptors (Lipinski definition) is 2. The Kier molecular flexibility index (Phi) is 3.51. The normalized spacial score (nSPS) is 29.5. The molecular weight excluding hydrogens is 272 g/mol. The number of benzene rings is 1. The van der Waals surface area contributed by atoms with Crippen LogP contribution in [0.15, 0.2) is 24.3 Å². The predicted molar refractivity (Wildman–Crippen MR) is 82.4 cm³/mol. The van der Waals surface area contributed by atoms with E-state index in [2.05, 4.69) is 22.3 Å². The fourth-order valence-electron chi connectivity index (χ4n) is 3.93. The second-order valence-corrected chi connectivity index (χ2v) is 6.24. The maximum atomic E-state index is 12.5. The summed E-state index contributed by atoms with van der Waals surface area (Å²) in [7, 11) is 0. The van der Waals surface area contributed by atoms with E-state index in [4.69, 9.17) is 0 Å². The molecule has 4 heteroatoms. The van der Waals surface area contributed by atoms with E-state index < -0.39 is 0 Å². The number of likely N-dealkylation sites (tertiary alicyclic amines) is 1. The maximum absolute atomic E-state index is 12.5. The molecule has 2 fully saturated rings. The van der Waals surface area contributed by atoms with E-state index >= 15 is 0 Å². The van der Waals surface area contributed by atoms with Crippen molar-refractivity contribution in [1.29, 1.82) is 0 Å². The van der Waals surface area contributed by atoms with Crippen LogP contribution in [0.1, 0.15) is 37.7 Å². The standard InChI is InChI=1S/C16H20N2O.ClH/c19-15-16(13-7-1-2-8-14(13)17-15)9-4-10-18(11-16)12-5-3-6-12;/h1-2,7-8,12H,3-6,9-11H2,(H,17,19);1H. The fraction of sp³-hybridized carbons (Fsp3) is 0.562. The van der Waals surface area contributed by atoms with Crippen molar-refractivity contribution in [1.82, 2.24) is 4.90 Å². The first kappa shape index (κ1) is 13.9. The lowest BCUT2D eigenvalue weighted by atomic mass is 9.73. The van der Waals surface area contributed by atoms with Crippen LogP contribution in [-0.2, 0) is 10.2 Å². The van der Waals surface area contributed by atoms with Crippen molar-refractivity contribution in [2.24, 2.45) is 0 Å². The molecule has 1 aliphatic carbocycles. The minimum absolute atomic E-state index is 0. The van der Waals surface area contributed by atoms with Gasteiger partial charge in [0.05, 0.1) is 5.41 Å². The van der Waals surface area contributed by atoms with Crippen molar-refractivity contribution in [3.05, 3.63) is 29.8 Å². The number of anilines is 1. The molecule has 2 aliphatic heterocycles. The number of hydrogen-bond donors (Lipinski definition) is 1. The Hall–Kier alpha value is -1.06. The van der Waals surface area contributed by atoms with Crippen molar-refractivity contribution in [2.75, 3.05) is 18.4 Å². The molecule has 108 valence electrons. The van der Waals surface area contributed by atoms with Crippen LogP contribution >= 0.6 is 12.4 Å². The number of carbonyl (C=O) groups excluding carboxylic acids is 1. The molecule has 1 spiro atoms. The highest BCUT2D eigenvalue weighted by atomic mass is 35.5. The van der Waals surface area contributed by atoms with Gasteiger partial charge in [0.15, 0.2) is 0 Å². The predicted octanol–water partition coefficient (Wildman–Crippen LogP) is 2.95. The second kappa shape index (κ2) is 5.05. The zero-order valence-corrected chi connectivity index (χ0v) is 12.4. The molecule has 0 radical (unpaired) electrons. The molecule has 1 saturated heterocycles. The first-order chi connectivity index (χ1) is 9.29. The van der Waals surface area contributed by atoms with Gasteiger partial charge in [0.25, 0.3) is 0 Å². The SMILES string of the molecule is Cl.O=C1Nc2ccccc2C12CCCN(C1CCC1)C2. The highest BCUT2D eigenvalue weighted by Gasteiger charge is 2.50. The average Bonchev–Trinajstić information content (AvgIpc) is 2.61. The van der Waals surface area contributed by atoms with E-state index in [-0.39, 0.29) is 23.7 Å². The van der Waals surface area contributed by atoms with E-state index in [1.165, 1.54) is 31.4 Å². The molecular formula is C16H21ClN2O. The molecule has 4 rings (SSSR count). The van der Waals surface area contributed by atoms with E-state index in [1.807, 2.05) is 12.1 Å². The minimum Gasteiger partial charge on any atom is -0.325 e. The number of nitrogens with one attached hydrogen (secondary N) is 1. The minimum atomic E-state index is -0.273. The fourth-order valence-corrected chi connectivity index (χ4v) is 3.93. The van der Waals surface area contributed by atoms with Gasteiger partial charge >= 0.3 is 0 Å². The number of piperidine rings is 1. The van der Waals surface area contributed by atoms with Crippen LogP contribution in [0.25, 0.3) is 0 Å². The number of amides is 1. The Labute approximate surface area is 126 Å². The molecule has 1 atom stereocenters. The van der Waals surface area contributed by atoms with E-state index in [1.54, 1.807) is 0 Å². The zero-order valence-electron chi connectivity index (χ0n) is 11.6. The van der Waals surface area contributed by atoms with Crippen molar-refractivity contribution in [2.45, 2.75) is 43.6 Å². The third kappa shape index (κ3) is 1.87. The lowest BCUT2D eigenvalue weighted by Crippen LogP contribution is -2.54. The van der Waals surface area contributed by atoms with Crippen LogP contribution in [0, 0.1) is 0 Å². The van der Waals surface area contributed by atoms with Crippen LogP contribution in [0.3, 0.4) is 0 Å².